The Morgan fingerprint density at radius 2 is 1.97 bits per heavy atom. The number of rotatable bonds is 6. The van der Waals surface area contributed by atoms with Gasteiger partial charge in [-0.05, 0) is 30.5 Å². The molecule has 0 spiro atoms. The molecule has 3 heterocycles. The number of fused-ring (bicyclic) bond motifs is 2. The van der Waals surface area contributed by atoms with Gasteiger partial charge in [-0.25, -0.2) is 4.98 Å². The van der Waals surface area contributed by atoms with Crippen molar-refractivity contribution >= 4 is 89.8 Å². The van der Waals surface area contributed by atoms with Gasteiger partial charge < -0.3 is 4.74 Å². The fourth-order valence-electron chi connectivity index (χ4n) is 3.76. The minimum absolute atomic E-state index is 0. The van der Waals surface area contributed by atoms with Crippen LogP contribution in [0.25, 0.3) is 20.3 Å². The number of thiazole rings is 1. The summed E-state index contributed by atoms with van der Waals surface area (Å²) in [6.45, 7) is 4.54. The lowest BCUT2D eigenvalue weighted by molar-refractivity contribution is 0.0391. The summed E-state index contributed by atoms with van der Waals surface area (Å²) in [6, 6.07) is 14.1. The Balaban J connectivity index is 0.00000259. The lowest BCUT2D eigenvalue weighted by atomic mass is 10.2. The SMILES string of the molecule is CSc1ccc2nc(N(CCN3CCOCC3)C(=O)c3sc4ccccc4c3Cl)sc2c1.Cl. The van der Waals surface area contributed by atoms with Crippen LogP contribution in [0.15, 0.2) is 47.4 Å². The van der Waals surface area contributed by atoms with E-state index >= 15 is 0 Å². The van der Waals surface area contributed by atoms with Crippen molar-refractivity contribution in [3.63, 3.8) is 0 Å². The van der Waals surface area contributed by atoms with E-state index < -0.39 is 0 Å². The Morgan fingerprint density at radius 3 is 2.73 bits per heavy atom. The predicted octanol–water partition coefficient (Wildman–Crippen LogP) is 6.29. The van der Waals surface area contributed by atoms with Crippen molar-refractivity contribution in [2.45, 2.75) is 4.90 Å². The molecule has 5 nitrogen and oxygen atoms in total. The zero-order valence-corrected chi connectivity index (χ0v) is 22.0. The van der Waals surface area contributed by atoms with E-state index in [0.29, 0.717) is 21.6 Å². The summed E-state index contributed by atoms with van der Waals surface area (Å²) in [5, 5.41) is 2.16. The molecule has 0 radical (unpaired) electrons. The molecule has 1 fully saturated rings. The standard InChI is InChI=1S/C23H22ClN3O2S3.ClH/c1-30-15-6-7-17-19(14-15)32-23(25-17)27(9-8-26-10-12-29-13-11-26)22(28)21-20(24)16-4-2-3-5-18(16)31-21;/h2-7,14H,8-13H2,1H3;1H. The van der Waals surface area contributed by atoms with Crippen LogP contribution in [0.1, 0.15) is 9.67 Å². The molecule has 1 aliphatic heterocycles. The van der Waals surface area contributed by atoms with Crippen LogP contribution in [0.3, 0.4) is 0 Å². The van der Waals surface area contributed by atoms with Crippen molar-refractivity contribution in [1.82, 2.24) is 9.88 Å². The summed E-state index contributed by atoms with van der Waals surface area (Å²) in [5.74, 6) is -0.0893. The number of thiophene rings is 1. The quantitative estimate of drug-likeness (QED) is 0.269. The van der Waals surface area contributed by atoms with Gasteiger partial charge >= 0.3 is 0 Å². The van der Waals surface area contributed by atoms with Gasteiger partial charge in [-0.2, -0.15) is 0 Å². The highest BCUT2D eigenvalue weighted by Crippen LogP contribution is 2.38. The van der Waals surface area contributed by atoms with Crippen LogP contribution in [0, 0.1) is 0 Å². The Morgan fingerprint density at radius 1 is 1.18 bits per heavy atom. The maximum atomic E-state index is 13.8. The second kappa shape index (κ2) is 10.9. The van der Waals surface area contributed by atoms with Crippen LogP contribution in [-0.4, -0.2) is 61.4 Å². The van der Waals surface area contributed by atoms with E-state index in [4.69, 9.17) is 21.3 Å². The first-order valence-electron chi connectivity index (χ1n) is 10.4. The molecule has 1 amide bonds. The van der Waals surface area contributed by atoms with Gasteiger partial charge in [-0.15, -0.1) is 35.5 Å². The van der Waals surface area contributed by atoms with Crippen molar-refractivity contribution in [1.29, 1.82) is 0 Å². The normalized spacial score (nSPS) is 14.5. The first-order chi connectivity index (χ1) is 15.6. The Labute approximate surface area is 216 Å². The summed E-state index contributed by atoms with van der Waals surface area (Å²) in [7, 11) is 0. The molecule has 4 aromatic rings. The van der Waals surface area contributed by atoms with E-state index in [1.807, 2.05) is 30.3 Å². The molecule has 1 saturated heterocycles. The molecule has 2 aromatic heterocycles. The van der Waals surface area contributed by atoms with E-state index in [2.05, 4.69) is 23.3 Å². The van der Waals surface area contributed by atoms with Crippen molar-refractivity contribution in [3.05, 3.63) is 52.4 Å². The molecule has 10 heteroatoms. The summed E-state index contributed by atoms with van der Waals surface area (Å²) in [6.07, 6.45) is 2.06. The highest BCUT2D eigenvalue weighted by molar-refractivity contribution is 7.98. The number of nitrogens with zero attached hydrogens (tertiary/aromatic N) is 3. The van der Waals surface area contributed by atoms with Gasteiger partial charge in [-0.1, -0.05) is 41.1 Å². The minimum Gasteiger partial charge on any atom is -0.379 e. The number of anilines is 1. The number of hydrogen-bond donors (Lipinski definition) is 0. The predicted molar refractivity (Wildman–Crippen MR) is 144 cm³/mol. The number of benzene rings is 2. The fourth-order valence-corrected chi connectivity index (χ4v) is 6.76. The number of thioether (sulfide) groups is 1. The minimum atomic E-state index is -0.0893. The van der Waals surface area contributed by atoms with E-state index in [9.17, 15) is 4.79 Å². The van der Waals surface area contributed by atoms with Crippen LogP contribution < -0.4 is 4.90 Å². The third-order valence-electron chi connectivity index (χ3n) is 5.53. The van der Waals surface area contributed by atoms with Gasteiger partial charge in [0.25, 0.3) is 5.91 Å². The molecule has 0 saturated carbocycles. The van der Waals surface area contributed by atoms with Crippen molar-refractivity contribution in [2.75, 3.05) is 50.5 Å². The molecule has 0 bridgehead atoms. The zero-order valence-electron chi connectivity index (χ0n) is 18.0. The van der Waals surface area contributed by atoms with Crippen LogP contribution >= 0.6 is 58.4 Å². The van der Waals surface area contributed by atoms with Gasteiger partial charge in [0.15, 0.2) is 5.13 Å². The molecule has 33 heavy (non-hydrogen) atoms. The lowest BCUT2D eigenvalue weighted by Gasteiger charge is -2.29. The molecule has 0 atom stereocenters. The van der Waals surface area contributed by atoms with Crippen LogP contribution in [0.2, 0.25) is 5.02 Å². The highest BCUT2D eigenvalue weighted by atomic mass is 35.5. The molecule has 0 unspecified atom stereocenters. The van der Waals surface area contributed by atoms with Gasteiger partial charge in [0.1, 0.15) is 4.88 Å². The topological polar surface area (TPSA) is 45.7 Å². The summed E-state index contributed by atoms with van der Waals surface area (Å²) in [5.41, 5.74) is 0.911. The summed E-state index contributed by atoms with van der Waals surface area (Å²) in [4.78, 5) is 24.5. The van der Waals surface area contributed by atoms with Crippen molar-refractivity contribution in [3.8, 4) is 0 Å². The number of hydrogen-bond acceptors (Lipinski definition) is 7. The summed E-state index contributed by atoms with van der Waals surface area (Å²) >= 11 is 11.4. The Kier molecular flexibility index (Phi) is 8.17. The van der Waals surface area contributed by atoms with Crippen LogP contribution in [0.5, 0.6) is 0 Å². The van der Waals surface area contributed by atoms with Gasteiger partial charge in [0, 0.05) is 41.2 Å². The van der Waals surface area contributed by atoms with E-state index in [1.54, 1.807) is 28.0 Å². The molecule has 174 valence electrons. The number of carbonyl (C=O) groups excluding carboxylic acids is 1. The molecule has 2 aromatic carbocycles. The maximum absolute atomic E-state index is 13.8. The third kappa shape index (κ3) is 5.17. The molecular weight excluding hydrogens is 517 g/mol. The van der Waals surface area contributed by atoms with Crippen molar-refractivity contribution in [2.24, 2.45) is 0 Å². The number of ether oxygens (including phenoxy) is 1. The first kappa shape index (κ1) is 24.7. The molecule has 5 rings (SSSR count). The maximum Gasteiger partial charge on any atom is 0.271 e. The number of aromatic nitrogens is 1. The average Bonchev–Trinajstić information content (AvgIpc) is 3.40. The van der Waals surface area contributed by atoms with E-state index in [1.165, 1.54) is 16.2 Å². The van der Waals surface area contributed by atoms with Gasteiger partial charge in [0.2, 0.25) is 0 Å². The Bertz CT molecular complexity index is 1270. The van der Waals surface area contributed by atoms with Crippen LogP contribution in [0.4, 0.5) is 5.13 Å². The molecule has 0 aliphatic carbocycles. The van der Waals surface area contributed by atoms with Crippen molar-refractivity contribution < 1.29 is 9.53 Å². The number of carbonyl (C=O) groups is 1. The molecular formula is C23H23Cl2N3O2S3. The molecule has 0 N–H and O–H groups in total. The number of halogens is 2. The smallest absolute Gasteiger partial charge is 0.271 e. The second-order valence-electron chi connectivity index (χ2n) is 7.48. The average molecular weight is 541 g/mol. The molecule has 1 aliphatic rings. The Hall–Kier alpha value is -1.39. The number of amides is 1. The highest BCUT2D eigenvalue weighted by Gasteiger charge is 2.27. The first-order valence-corrected chi connectivity index (χ1v) is 13.6. The monoisotopic (exact) mass is 539 g/mol. The van der Waals surface area contributed by atoms with Gasteiger partial charge in [0.05, 0.1) is 28.5 Å². The van der Waals surface area contributed by atoms with Gasteiger partial charge in [-0.3, -0.25) is 14.6 Å². The number of morpholine rings is 1. The third-order valence-corrected chi connectivity index (χ3v) is 8.96. The largest absolute Gasteiger partial charge is 0.379 e. The van der Waals surface area contributed by atoms with E-state index in [-0.39, 0.29) is 18.3 Å². The zero-order chi connectivity index (χ0) is 22.1. The summed E-state index contributed by atoms with van der Waals surface area (Å²) < 4.78 is 7.57. The van der Waals surface area contributed by atoms with Crippen LogP contribution in [-0.2, 0) is 4.74 Å². The van der Waals surface area contributed by atoms with E-state index in [0.717, 1.165) is 53.2 Å². The second-order valence-corrected chi connectivity index (χ2v) is 10.8. The lowest BCUT2D eigenvalue weighted by Crippen LogP contribution is -2.43. The fraction of sp³-hybridized carbons (Fsp3) is 0.304.